The molecule has 0 radical (unpaired) electrons. The van der Waals surface area contributed by atoms with Crippen molar-refractivity contribution in [1.29, 1.82) is 0 Å². The highest BCUT2D eigenvalue weighted by atomic mass is 31.2. The zero-order valence-corrected chi connectivity index (χ0v) is 30.7. The largest absolute Gasteiger partial charge is 0.465 e. The van der Waals surface area contributed by atoms with E-state index in [0.717, 1.165) is 25.9 Å². The van der Waals surface area contributed by atoms with Crippen molar-refractivity contribution in [3.63, 3.8) is 0 Å². The Labute approximate surface area is 292 Å². The number of carbonyl (C=O) groups is 2. The van der Waals surface area contributed by atoms with Gasteiger partial charge in [-0.2, -0.15) is 9.97 Å². The molecule has 2 aliphatic heterocycles. The van der Waals surface area contributed by atoms with Crippen LogP contribution in [0.25, 0.3) is 11.2 Å². The molecule has 3 aliphatic rings. The Morgan fingerprint density at radius 3 is 2.18 bits per heavy atom. The van der Waals surface area contributed by atoms with Gasteiger partial charge >= 0.3 is 19.6 Å². The molecule has 4 heterocycles. The molecule has 0 aromatic carbocycles. The predicted molar refractivity (Wildman–Crippen MR) is 184 cm³/mol. The Hall–Kier alpha value is -2.92. The van der Waals surface area contributed by atoms with Gasteiger partial charge in [-0.05, 0) is 51.4 Å². The van der Waals surface area contributed by atoms with Gasteiger partial charge in [-0.1, -0.05) is 27.7 Å². The van der Waals surface area contributed by atoms with E-state index in [0.29, 0.717) is 17.0 Å². The molecular weight excluding hydrogens is 671 g/mol. The Morgan fingerprint density at radius 2 is 1.64 bits per heavy atom. The maximum Gasteiger partial charge on any atom is 0.342 e. The number of rotatable bonds is 17. The minimum Gasteiger partial charge on any atom is -0.465 e. The molecule has 2 aromatic heterocycles. The molecule has 2 saturated heterocycles. The summed E-state index contributed by atoms with van der Waals surface area (Å²) in [5, 5.41) is 28.5. The molecular formula is C32H53N8O9P. The first kappa shape index (κ1) is 38.3. The lowest BCUT2D eigenvalue weighted by Crippen LogP contribution is -2.61. The van der Waals surface area contributed by atoms with Crippen LogP contribution in [0.5, 0.6) is 0 Å². The van der Waals surface area contributed by atoms with Gasteiger partial charge in [-0.3, -0.25) is 14.2 Å². The summed E-state index contributed by atoms with van der Waals surface area (Å²) in [6.07, 6.45) is 0.949. The van der Waals surface area contributed by atoms with Crippen LogP contribution in [0.4, 0.5) is 11.8 Å². The van der Waals surface area contributed by atoms with Crippen molar-refractivity contribution in [2.24, 2.45) is 11.8 Å². The number of esters is 2. The number of aromatic nitrogens is 4. The number of hydrogen-bond donors (Lipinski definition) is 5. The number of anilines is 2. The van der Waals surface area contributed by atoms with E-state index in [9.17, 15) is 24.4 Å². The first-order valence-electron chi connectivity index (χ1n) is 17.6. The third kappa shape index (κ3) is 8.09. The standard InChI is InChI=1S/C32H53N8O9P/c1-7-46-29(42)20(13-18(3)4)37-50(45,38-21(14-19(5)6)30(43)47-8-2)48-16-23-25(41)32(44)15-22(26(32)49-23)40-17-34-24-27(39-11-9-10-12-39)35-31(33)36-28(24)40/h17-23,25-26,41,44H,7-16H2,1-6H3,(H2,33,35,36)(H2,37,38,45)/t20-,21-,22?,23+,25?,26-,32-/m0/s1. The van der Waals surface area contributed by atoms with Crippen molar-refractivity contribution in [1.82, 2.24) is 29.7 Å². The fraction of sp³-hybridized carbons (Fsp3) is 0.781. The molecule has 6 N–H and O–H groups in total. The number of nitrogens with two attached hydrogens (primary N) is 1. The van der Waals surface area contributed by atoms with Crippen molar-refractivity contribution in [3.8, 4) is 0 Å². The van der Waals surface area contributed by atoms with Gasteiger partial charge in [-0.15, -0.1) is 0 Å². The molecule has 2 unspecified atom stereocenters. The third-order valence-corrected chi connectivity index (χ3v) is 11.2. The first-order chi connectivity index (χ1) is 23.7. The number of fused-ring (bicyclic) bond motifs is 2. The fourth-order valence-electron chi connectivity index (χ4n) is 7.03. The van der Waals surface area contributed by atoms with E-state index in [-0.39, 0.29) is 50.3 Å². The molecule has 1 saturated carbocycles. The number of imidazole rings is 1. The Bertz CT molecular complexity index is 1510. The van der Waals surface area contributed by atoms with Gasteiger partial charge in [0.1, 0.15) is 36.0 Å². The van der Waals surface area contributed by atoms with Crippen LogP contribution in [0.15, 0.2) is 6.33 Å². The van der Waals surface area contributed by atoms with Gasteiger partial charge < -0.3 is 44.1 Å². The zero-order valence-electron chi connectivity index (χ0n) is 29.8. The lowest BCUT2D eigenvalue weighted by Gasteiger charge is -2.47. The summed E-state index contributed by atoms with van der Waals surface area (Å²) >= 11 is 0. The van der Waals surface area contributed by atoms with E-state index in [4.69, 9.17) is 24.5 Å². The summed E-state index contributed by atoms with van der Waals surface area (Å²) in [4.78, 5) is 41.5. The topological polar surface area (TPSA) is 226 Å². The lowest BCUT2D eigenvalue weighted by atomic mass is 9.70. The molecule has 1 aliphatic carbocycles. The zero-order chi connectivity index (χ0) is 36.4. The van der Waals surface area contributed by atoms with Gasteiger partial charge in [0.25, 0.3) is 0 Å². The average molecular weight is 725 g/mol. The first-order valence-corrected chi connectivity index (χ1v) is 19.3. The van der Waals surface area contributed by atoms with Gasteiger partial charge in [0, 0.05) is 19.5 Å². The molecule has 0 bridgehead atoms. The number of aliphatic hydroxyl groups excluding tert-OH is 1. The van der Waals surface area contributed by atoms with Gasteiger partial charge in [0.15, 0.2) is 17.0 Å². The SMILES string of the molecule is CCOC(=O)[C@H](CC(C)C)NP(=O)(N[C@@H](CC(C)C)C(=O)OCC)OC[C@H]1O[C@H]2C(n3cnc4c(N5CCCC5)nc(N)nc43)C[C@]2(O)C1O. The van der Waals surface area contributed by atoms with E-state index >= 15 is 0 Å². The van der Waals surface area contributed by atoms with Crippen LogP contribution in [0.2, 0.25) is 0 Å². The quantitative estimate of drug-likeness (QED) is 0.116. The van der Waals surface area contributed by atoms with E-state index in [1.807, 2.05) is 27.7 Å². The average Bonchev–Trinajstić information content (AvgIpc) is 3.76. The Balaban J connectivity index is 1.37. The minimum absolute atomic E-state index is 0.00924. The number of ether oxygens (including phenoxy) is 3. The summed E-state index contributed by atoms with van der Waals surface area (Å²) in [7, 11) is -4.26. The molecule has 2 aromatic rings. The maximum absolute atomic E-state index is 14.6. The number of hydrogen-bond acceptors (Lipinski definition) is 14. The molecule has 0 spiro atoms. The Kier molecular flexibility index (Phi) is 12.1. The number of aliphatic hydroxyl groups is 2. The molecule has 3 fully saturated rings. The van der Waals surface area contributed by atoms with Crippen LogP contribution in [0.3, 0.4) is 0 Å². The number of nitrogen functional groups attached to an aromatic ring is 1. The van der Waals surface area contributed by atoms with E-state index in [1.54, 1.807) is 24.7 Å². The normalized spacial score (nSPS) is 26.3. The van der Waals surface area contributed by atoms with Crippen LogP contribution < -0.4 is 20.8 Å². The highest BCUT2D eigenvalue weighted by Gasteiger charge is 2.66. The monoisotopic (exact) mass is 724 g/mol. The highest BCUT2D eigenvalue weighted by Crippen LogP contribution is 2.53. The van der Waals surface area contributed by atoms with Crippen LogP contribution in [0.1, 0.15) is 79.7 Å². The van der Waals surface area contributed by atoms with E-state index in [1.165, 1.54) is 0 Å². The van der Waals surface area contributed by atoms with Gasteiger partial charge in [0.2, 0.25) is 5.95 Å². The second kappa shape index (κ2) is 15.8. The van der Waals surface area contributed by atoms with Crippen molar-refractivity contribution in [2.45, 2.75) is 116 Å². The van der Waals surface area contributed by atoms with E-state index < -0.39 is 68.3 Å². The highest BCUT2D eigenvalue weighted by molar-refractivity contribution is 7.54. The molecule has 50 heavy (non-hydrogen) atoms. The minimum atomic E-state index is -4.26. The summed E-state index contributed by atoms with van der Waals surface area (Å²) in [5.41, 5.74) is 5.55. The van der Waals surface area contributed by atoms with Gasteiger partial charge in [0.05, 0.1) is 32.2 Å². The molecule has 7 atom stereocenters. The maximum atomic E-state index is 14.6. The predicted octanol–water partition coefficient (Wildman–Crippen LogP) is 2.07. The number of nitrogens with zero attached hydrogens (tertiary/aromatic N) is 5. The van der Waals surface area contributed by atoms with Crippen molar-refractivity contribution in [3.05, 3.63) is 6.33 Å². The summed E-state index contributed by atoms with van der Waals surface area (Å²) in [6.45, 7) is 12.4. The number of carbonyl (C=O) groups excluding carboxylic acids is 2. The molecule has 0 amide bonds. The van der Waals surface area contributed by atoms with E-state index in [2.05, 4.69) is 30.0 Å². The summed E-state index contributed by atoms with van der Waals surface area (Å²) in [5.74, 6) is -0.474. The molecule has 18 heteroatoms. The van der Waals surface area contributed by atoms with Crippen LogP contribution in [-0.4, -0.2) is 111 Å². The Morgan fingerprint density at radius 1 is 1.06 bits per heavy atom. The lowest BCUT2D eigenvalue weighted by molar-refractivity contribution is -0.170. The third-order valence-electron chi connectivity index (χ3n) is 9.38. The molecule has 17 nitrogen and oxygen atoms in total. The van der Waals surface area contributed by atoms with Crippen molar-refractivity contribution in [2.75, 3.05) is 43.5 Å². The van der Waals surface area contributed by atoms with Crippen LogP contribution in [-0.2, 0) is 32.9 Å². The van der Waals surface area contributed by atoms with Crippen LogP contribution in [0, 0.1) is 11.8 Å². The second-order valence-electron chi connectivity index (χ2n) is 14.2. The fourth-order valence-corrected chi connectivity index (χ4v) is 8.85. The smallest absolute Gasteiger partial charge is 0.342 e. The molecule has 5 rings (SSSR count). The van der Waals surface area contributed by atoms with Crippen molar-refractivity contribution < 1.29 is 43.1 Å². The summed E-state index contributed by atoms with van der Waals surface area (Å²) < 4.78 is 39.1. The van der Waals surface area contributed by atoms with Gasteiger partial charge in [-0.25, -0.2) is 15.2 Å². The molecule has 280 valence electrons. The summed E-state index contributed by atoms with van der Waals surface area (Å²) in [6, 6.07) is -2.53. The van der Waals surface area contributed by atoms with Crippen LogP contribution >= 0.6 is 7.67 Å². The van der Waals surface area contributed by atoms with Crippen molar-refractivity contribution >= 4 is 42.5 Å². The number of nitrogens with one attached hydrogen (secondary N) is 2. The second-order valence-corrected chi connectivity index (χ2v) is 16.1.